The van der Waals surface area contributed by atoms with Crippen LogP contribution in [0.1, 0.15) is 29.7 Å². The average molecular weight is 413 g/mol. The minimum atomic E-state index is 0.106. The average Bonchev–Trinajstić information content (AvgIpc) is 2.48. The summed E-state index contributed by atoms with van der Waals surface area (Å²) >= 11 is 7.11. The fourth-order valence-corrected chi connectivity index (χ4v) is 2.96. The molecule has 0 amide bonds. The third kappa shape index (κ3) is 3.87. The molecule has 2 rings (SSSR count). The maximum Gasteiger partial charge on any atom is 0.124 e. The van der Waals surface area contributed by atoms with Crippen LogP contribution in [-0.2, 0) is 0 Å². The van der Waals surface area contributed by atoms with Gasteiger partial charge < -0.3 is 10.1 Å². The minimum Gasteiger partial charge on any atom is -0.496 e. The van der Waals surface area contributed by atoms with E-state index < -0.39 is 0 Å². The van der Waals surface area contributed by atoms with Crippen LogP contribution in [-0.4, -0.2) is 13.7 Å². The summed E-state index contributed by atoms with van der Waals surface area (Å²) in [6, 6.07) is 12.7. The maximum absolute atomic E-state index is 5.58. The Balaban J connectivity index is 2.51. The highest BCUT2D eigenvalue weighted by Crippen LogP contribution is 2.34. The van der Waals surface area contributed by atoms with Crippen molar-refractivity contribution in [2.45, 2.75) is 19.9 Å². The molecule has 1 unspecified atom stereocenters. The SMILES string of the molecule is CCNC(c1ccc(Br)cc1)c1cc(Br)c(C)cc1OC. The quantitative estimate of drug-likeness (QED) is 0.725. The van der Waals surface area contributed by atoms with Gasteiger partial charge in [-0.15, -0.1) is 0 Å². The topological polar surface area (TPSA) is 21.3 Å². The summed E-state index contributed by atoms with van der Waals surface area (Å²) in [5.41, 5.74) is 3.52. The number of hydrogen-bond acceptors (Lipinski definition) is 2. The highest BCUT2D eigenvalue weighted by molar-refractivity contribution is 9.10. The molecule has 0 aromatic heterocycles. The van der Waals surface area contributed by atoms with E-state index in [9.17, 15) is 0 Å². The highest BCUT2D eigenvalue weighted by Gasteiger charge is 2.18. The van der Waals surface area contributed by atoms with Crippen LogP contribution >= 0.6 is 31.9 Å². The van der Waals surface area contributed by atoms with Gasteiger partial charge in [0.15, 0.2) is 0 Å². The number of hydrogen-bond donors (Lipinski definition) is 1. The lowest BCUT2D eigenvalue weighted by Gasteiger charge is -2.22. The zero-order chi connectivity index (χ0) is 15.4. The second-order valence-electron chi connectivity index (χ2n) is 4.89. The Morgan fingerprint density at radius 2 is 1.81 bits per heavy atom. The van der Waals surface area contributed by atoms with E-state index in [1.54, 1.807) is 7.11 Å². The molecule has 1 atom stereocenters. The van der Waals surface area contributed by atoms with E-state index in [4.69, 9.17) is 4.74 Å². The Morgan fingerprint density at radius 1 is 1.14 bits per heavy atom. The molecule has 21 heavy (non-hydrogen) atoms. The standard InChI is InChI=1S/C17H19Br2NO/c1-4-20-17(12-5-7-13(18)8-6-12)14-10-15(19)11(2)9-16(14)21-3/h5-10,17,20H,4H2,1-3H3. The van der Waals surface area contributed by atoms with E-state index in [0.717, 1.165) is 26.8 Å². The van der Waals surface area contributed by atoms with E-state index in [1.165, 1.54) is 11.1 Å². The molecule has 2 aromatic rings. The van der Waals surface area contributed by atoms with Crippen molar-refractivity contribution in [1.82, 2.24) is 5.32 Å². The van der Waals surface area contributed by atoms with Crippen molar-refractivity contribution < 1.29 is 4.74 Å². The van der Waals surface area contributed by atoms with Gasteiger partial charge in [-0.25, -0.2) is 0 Å². The zero-order valence-corrected chi connectivity index (χ0v) is 15.6. The maximum atomic E-state index is 5.58. The molecule has 0 spiro atoms. The van der Waals surface area contributed by atoms with E-state index in [-0.39, 0.29) is 6.04 Å². The molecule has 0 aliphatic carbocycles. The van der Waals surface area contributed by atoms with Crippen LogP contribution in [0.5, 0.6) is 5.75 Å². The smallest absolute Gasteiger partial charge is 0.124 e. The van der Waals surface area contributed by atoms with Crippen LogP contribution in [0, 0.1) is 6.92 Å². The first-order chi connectivity index (χ1) is 10.1. The first kappa shape index (κ1) is 16.5. The highest BCUT2D eigenvalue weighted by atomic mass is 79.9. The van der Waals surface area contributed by atoms with Gasteiger partial charge in [0.25, 0.3) is 0 Å². The Labute approximate surface area is 143 Å². The molecule has 0 saturated heterocycles. The van der Waals surface area contributed by atoms with Gasteiger partial charge in [-0.2, -0.15) is 0 Å². The number of methoxy groups -OCH3 is 1. The second kappa shape index (κ2) is 7.43. The van der Waals surface area contributed by atoms with Crippen LogP contribution in [0.15, 0.2) is 45.3 Å². The van der Waals surface area contributed by atoms with E-state index in [0.29, 0.717) is 0 Å². The van der Waals surface area contributed by atoms with Crippen molar-refractivity contribution in [1.29, 1.82) is 0 Å². The predicted octanol–water partition coefficient (Wildman–Crippen LogP) is 5.23. The van der Waals surface area contributed by atoms with Crippen LogP contribution in [0.25, 0.3) is 0 Å². The summed E-state index contributed by atoms with van der Waals surface area (Å²) in [6.45, 7) is 5.06. The van der Waals surface area contributed by atoms with Crippen molar-refractivity contribution in [3.05, 3.63) is 62.0 Å². The number of rotatable bonds is 5. The summed E-state index contributed by atoms with van der Waals surface area (Å²) in [6.07, 6.45) is 0. The number of halogens is 2. The van der Waals surface area contributed by atoms with Gasteiger partial charge in [0.2, 0.25) is 0 Å². The largest absolute Gasteiger partial charge is 0.496 e. The molecular weight excluding hydrogens is 394 g/mol. The van der Waals surface area contributed by atoms with Crippen molar-refractivity contribution in [3.63, 3.8) is 0 Å². The summed E-state index contributed by atoms with van der Waals surface area (Å²) < 4.78 is 7.76. The summed E-state index contributed by atoms with van der Waals surface area (Å²) in [5, 5.41) is 3.54. The number of nitrogens with one attached hydrogen (secondary N) is 1. The lowest BCUT2D eigenvalue weighted by atomic mass is 9.96. The summed E-state index contributed by atoms with van der Waals surface area (Å²) in [4.78, 5) is 0. The van der Waals surface area contributed by atoms with Gasteiger partial charge in [0, 0.05) is 14.5 Å². The molecule has 0 aliphatic rings. The Kier molecular flexibility index (Phi) is 5.85. The van der Waals surface area contributed by atoms with E-state index in [2.05, 4.69) is 87.4 Å². The van der Waals surface area contributed by atoms with Crippen molar-refractivity contribution in [2.24, 2.45) is 0 Å². The molecule has 0 fully saturated rings. The Bertz CT molecular complexity index is 611. The van der Waals surface area contributed by atoms with Gasteiger partial charge in [0.05, 0.1) is 13.2 Å². The van der Waals surface area contributed by atoms with Crippen LogP contribution in [0.2, 0.25) is 0 Å². The number of ether oxygens (including phenoxy) is 1. The summed E-state index contributed by atoms with van der Waals surface area (Å²) in [7, 11) is 1.72. The molecule has 0 heterocycles. The second-order valence-corrected chi connectivity index (χ2v) is 6.66. The fraction of sp³-hybridized carbons (Fsp3) is 0.294. The lowest BCUT2D eigenvalue weighted by Crippen LogP contribution is -2.22. The molecule has 2 nitrogen and oxygen atoms in total. The van der Waals surface area contributed by atoms with Gasteiger partial charge in [-0.05, 0) is 48.9 Å². The van der Waals surface area contributed by atoms with Crippen LogP contribution < -0.4 is 10.1 Å². The molecule has 0 saturated carbocycles. The van der Waals surface area contributed by atoms with Crippen molar-refractivity contribution >= 4 is 31.9 Å². The lowest BCUT2D eigenvalue weighted by molar-refractivity contribution is 0.404. The third-order valence-electron chi connectivity index (χ3n) is 3.43. The van der Waals surface area contributed by atoms with Gasteiger partial charge in [0.1, 0.15) is 5.75 Å². The Morgan fingerprint density at radius 3 is 2.38 bits per heavy atom. The minimum absolute atomic E-state index is 0.106. The molecule has 1 N–H and O–H groups in total. The molecule has 4 heteroatoms. The molecule has 0 aliphatic heterocycles. The van der Waals surface area contributed by atoms with E-state index >= 15 is 0 Å². The molecule has 0 radical (unpaired) electrons. The first-order valence-electron chi connectivity index (χ1n) is 6.89. The Hall–Kier alpha value is -0.840. The zero-order valence-electron chi connectivity index (χ0n) is 12.4. The van der Waals surface area contributed by atoms with E-state index in [1.807, 2.05) is 0 Å². The third-order valence-corrected chi connectivity index (χ3v) is 4.82. The fourth-order valence-electron chi connectivity index (χ4n) is 2.34. The van der Waals surface area contributed by atoms with Gasteiger partial charge >= 0.3 is 0 Å². The van der Waals surface area contributed by atoms with Crippen molar-refractivity contribution in [3.8, 4) is 5.75 Å². The predicted molar refractivity (Wildman–Crippen MR) is 95.1 cm³/mol. The van der Waals surface area contributed by atoms with Gasteiger partial charge in [-0.1, -0.05) is 50.9 Å². The number of aryl methyl sites for hydroxylation is 1. The first-order valence-corrected chi connectivity index (χ1v) is 8.48. The van der Waals surface area contributed by atoms with Gasteiger partial charge in [-0.3, -0.25) is 0 Å². The van der Waals surface area contributed by atoms with Crippen LogP contribution in [0.3, 0.4) is 0 Å². The molecular formula is C17H19Br2NO. The molecule has 2 aromatic carbocycles. The molecule has 112 valence electrons. The normalized spacial score (nSPS) is 12.2. The monoisotopic (exact) mass is 411 g/mol. The molecule has 0 bridgehead atoms. The van der Waals surface area contributed by atoms with Crippen LogP contribution in [0.4, 0.5) is 0 Å². The summed E-state index contributed by atoms with van der Waals surface area (Å²) in [5.74, 6) is 0.907. The number of benzene rings is 2. The van der Waals surface area contributed by atoms with Crippen molar-refractivity contribution in [2.75, 3.05) is 13.7 Å².